The summed E-state index contributed by atoms with van der Waals surface area (Å²) in [5.41, 5.74) is 5.59. The fourth-order valence-corrected chi connectivity index (χ4v) is 3.31. The summed E-state index contributed by atoms with van der Waals surface area (Å²) in [6.07, 6.45) is 2.60. The predicted molar refractivity (Wildman–Crippen MR) is 127 cm³/mol. The van der Waals surface area contributed by atoms with Crippen LogP contribution < -0.4 is 19.5 Å². The molecule has 0 aliphatic rings. The monoisotopic (exact) mass is 417 g/mol. The first-order chi connectivity index (χ1) is 15.1. The zero-order valence-electron chi connectivity index (χ0n) is 18.6. The van der Waals surface area contributed by atoms with Crippen molar-refractivity contribution in [2.45, 2.75) is 33.4 Å². The topological polar surface area (TPSA) is 39.7 Å². The van der Waals surface area contributed by atoms with Crippen LogP contribution in [-0.2, 0) is 19.6 Å². The molecule has 0 heterocycles. The molecule has 0 spiro atoms. The maximum absolute atomic E-state index is 6.24. The number of benzene rings is 3. The molecule has 0 fully saturated rings. The molecule has 0 radical (unpaired) electrons. The van der Waals surface area contributed by atoms with Gasteiger partial charge in [-0.25, -0.2) is 0 Å². The van der Waals surface area contributed by atoms with Gasteiger partial charge in [-0.3, -0.25) is 0 Å². The molecule has 0 unspecified atom stereocenters. The summed E-state index contributed by atoms with van der Waals surface area (Å²) in [6, 6.07) is 20.5. The lowest BCUT2D eigenvalue weighted by molar-refractivity contribution is 0.267. The van der Waals surface area contributed by atoms with Crippen molar-refractivity contribution in [3.63, 3.8) is 0 Å². The number of rotatable bonds is 11. The molecule has 0 saturated carbocycles. The van der Waals surface area contributed by atoms with Gasteiger partial charge in [0.1, 0.15) is 12.4 Å². The number of hydrogen-bond acceptors (Lipinski definition) is 4. The Morgan fingerprint density at radius 2 is 1.68 bits per heavy atom. The minimum absolute atomic E-state index is 0.494. The SMILES string of the molecule is C=CCc1cc(CNc2ccc(OC)cc2)cc(OCC)c1OCc1ccc(C)cc1. The number of allylic oxidation sites excluding steroid dienone is 1. The Hall–Kier alpha value is -3.40. The minimum Gasteiger partial charge on any atom is -0.497 e. The van der Waals surface area contributed by atoms with Crippen molar-refractivity contribution in [3.8, 4) is 17.2 Å². The summed E-state index contributed by atoms with van der Waals surface area (Å²) in [6.45, 7) is 9.73. The third kappa shape index (κ3) is 6.29. The summed E-state index contributed by atoms with van der Waals surface area (Å²) in [7, 11) is 1.67. The molecular formula is C27H31NO3. The first-order valence-corrected chi connectivity index (χ1v) is 10.6. The van der Waals surface area contributed by atoms with E-state index in [1.807, 2.05) is 37.3 Å². The zero-order chi connectivity index (χ0) is 22.1. The van der Waals surface area contributed by atoms with Gasteiger partial charge in [0.2, 0.25) is 0 Å². The second kappa shape index (κ2) is 11.1. The first kappa shape index (κ1) is 22.3. The number of hydrogen-bond donors (Lipinski definition) is 1. The van der Waals surface area contributed by atoms with E-state index in [1.165, 1.54) is 5.56 Å². The van der Waals surface area contributed by atoms with Crippen LogP contribution >= 0.6 is 0 Å². The quantitative estimate of drug-likeness (QED) is 0.371. The fraction of sp³-hybridized carbons (Fsp3) is 0.259. The van der Waals surface area contributed by atoms with Crippen LogP contribution in [0.25, 0.3) is 0 Å². The molecule has 0 atom stereocenters. The lowest BCUT2D eigenvalue weighted by Gasteiger charge is -2.18. The number of anilines is 1. The van der Waals surface area contributed by atoms with Gasteiger partial charge in [0, 0.05) is 17.8 Å². The second-order valence-electron chi connectivity index (χ2n) is 7.36. The van der Waals surface area contributed by atoms with Crippen molar-refractivity contribution in [1.82, 2.24) is 0 Å². The standard InChI is InChI=1S/C27H31NO3/c1-5-7-23-16-22(18-28-24-12-14-25(29-4)15-13-24)17-26(30-6-2)27(23)31-19-21-10-8-20(3)9-11-21/h5,8-17,28H,1,6-7,18-19H2,2-4H3. The van der Waals surface area contributed by atoms with E-state index >= 15 is 0 Å². The number of ether oxygens (including phenoxy) is 3. The van der Waals surface area contributed by atoms with E-state index in [-0.39, 0.29) is 0 Å². The van der Waals surface area contributed by atoms with Gasteiger partial charge < -0.3 is 19.5 Å². The summed E-state index contributed by atoms with van der Waals surface area (Å²) in [5, 5.41) is 3.46. The molecular weight excluding hydrogens is 386 g/mol. The highest BCUT2D eigenvalue weighted by molar-refractivity contribution is 5.52. The fourth-order valence-electron chi connectivity index (χ4n) is 3.31. The third-order valence-corrected chi connectivity index (χ3v) is 4.95. The Morgan fingerprint density at radius 1 is 0.935 bits per heavy atom. The molecule has 0 amide bonds. The van der Waals surface area contributed by atoms with E-state index in [2.05, 4.69) is 55.2 Å². The Kier molecular flexibility index (Phi) is 7.99. The average Bonchev–Trinajstić information content (AvgIpc) is 2.79. The Bertz CT molecular complexity index is 979. The molecule has 3 rings (SSSR count). The van der Waals surface area contributed by atoms with E-state index in [0.29, 0.717) is 26.2 Å². The van der Waals surface area contributed by atoms with Gasteiger partial charge in [-0.1, -0.05) is 35.9 Å². The zero-order valence-corrected chi connectivity index (χ0v) is 18.6. The summed E-state index contributed by atoms with van der Waals surface area (Å²) in [4.78, 5) is 0. The maximum atomic E-state index is 6.24. The van der Waals surface area contributed by atoms with Crippen LogP contribution in [0.1, 0.15) is 29.2 Å². The van der Waals surface area contributed by atoms with Crippen LogP contribution in [0.3, 0.4) is 0 Å². The molecule has 0 aromatic heterocycles. The van der Waals surface area contributed by atoms with E-state index < -0.39 is 0 Å². The Balaban J connectivity index is 1.80. The molecule has 3 aromatic rings. The molecule has 4 heteroatoms. The van der Waals surface area contributed by atoms with E-state index in [4.69, 9.17) is 14.2 Å². The lowest BCUT2D eigenvalue weighted by Crippen LogP contribution is -2.06. The molecule has 3 aromatic carbocycles. The van der Waals surface area contributed by atoms with Crippen LogP contribution in [0.4, 0.5) is 5.69 Å². The molecule has 4 nitrogen and oxygen atoms in total. The van der Waals surface area contributed by atoms with Crippen LogP contribution in [0.15, 0.2) is 73.3 Å². The molecule has 1 N–H and O–H groups in total. The van der Waals surface area contributed by atoms with Crippen LogP contribution in [-0.4, -0.2) is 13.7 Å². The third-order valence-electron chi connectivity index (χ3n) is 4.95. The van der Waals surface area contributed by atoms with Crippen molar-refractivity contribution in [2.24, 2.45) is 0 Å². The Labute approximate surface area is 185 Å². The highest BCUT2D eigenvalue weighted by Gasteiger charge is 2.14. The molecule has 0 bridgehead atoms. The Morgan fingerprint density at radius 3 is 2.32 bits per heavy atom. The van der Waals surface area contributed by atoms with Crippen LogP contribution in [0.2, 0.25) is 0 Å². The number of methoxy groups -OCH3 is 1. The second-order valence-corrected chi connectivity index (χ2v) is 7.36. The van der Waals surface area contributed by atoms with Gasteiger partial charge in [0.25, 0.3) is 0 Å². The largest absolute Gasteiger partial charge is 0.497 e. The van der Waals surface area contributed by atoms with Crippen molar-refractivity contribution in [3.05, 3.63) is 95.6 Å². The van der Waals surface area contributed by atoms with Crippen LogP contribution in [0.5, 0.6) is 17.2 Å². The summed E-state index contributed by atoms with van der Waals surface area (Å²) < 4.78 is 17.4. The van der Waals surface area contributed by atoms with Crippen molar-refractivity contribution < 1.29 is 14.2 Å². The maximum Gasteiger partial charge on any atom is 0.165 e. The van der Waals surface area contributed by atoms with Gasteiger partial charge in [0.05, 0.1) is 13.7 Å². The summed E-state index contributed by atoms with van der Waals surface area (Å²) >= 11 is 0. The van der Waals surface area contributed by atoms with Gasteiger partial charge >= 0.3 is 0 Å². The number of aryl methyl sites for hydroxylation is 1. The highest BCUT2D eigenvalue weighted by Crippen LogP contribution is 2.35. The summed E-state index contributed by atoms with van der Waals surface area (Å²) in [5.74, 6) is 2.39. The molecule has 31 heavy (non-hydrogen) atoms. The van der Waals surface area contributed by atoms with Crippen molar-refractivity contribution >= 4 is 5.69 Å². The smallest absolute Gasteiger partial charge is 0.165 e. The van der Waals surface area contributed by atoms with Crippen molar-refractivity contribution in [2.75, 3.05) is 19.0 Å². The highest BCUT2D eigenvalue weighted by atomic mass is 16.5. The van der Waals surface area contributed by atoms with E-state index in [1.54, 1.807) is 7.11 Å². The first-order valence-electron chi connectivity index (χ1n) is 10.6. The molecule has 162 valence electrons. The van der Waals surface area contributed by atoms with E-state index in [9.17, 15) is 0 Å². The van der Waals surface area contributed by atoms with Gasteiger partial charge in [-0.2, -0.15) is 0 Å². The molecule has 0 aliphatic carbocycles. The number of nitrogens with one attached hydrogen (secondary N) is 1. The van der Waals surface area contributed by atoms with E-state index in [0.717, 1.165) is 39.6 Å². The molecule has 0 saturated heterocycles. The minimum atomic E-state index is 0.494. The normalized spacial score (nSPS) is 10.4. The molecule has 0 aliphatic heterocycles. The average molecular weight is 418 g/mol. The lowest BCUT2D eigenvalue weighted by atomic mass is 10.0. The van der Waals surface area contributed by atoms with Gasteiger partial charge in [-0.15, -0.1) is 6.58 Å². The van der Waals surface area contributed by atoms with Crippen molar-refractivity contribution in [1.29, 1.82) is 0 Å². The van der Waals surface area contributed by atoms with Crippen LogP contribution in [0, 0.1) is 6.92 Å². The predicted octanol–water partition coefficient (Wildman–Crippen LogP) is 6.32. The van der Waals surface area contributed by atoms with Gasteiger partial charge in [-0.05, 0) is 67.8 Å². The van der Waals surface area contributed by atoms with Gasteiger partial charge in [0.15, 0.2) is 11.5 Å².